The molecule has 0 unspecified atom stereocenters. The summed E-state index contributed by atoms with van der Waals surface area (Å²) in [7, 11) is 1.19. The third-order valence-corrected chi connectivity index (χ3v) is 2.54. The molecule has 21 heavy (non-hydrogen) atoms. The van der Waals surface area contributed by atoms with Gasteiger partial charge in [-0.25, -0.2) is 4.79 Å². The fraction of sp³-hybridized carbons (Fsp3) is 0.286. The van der Waals surface area contributed by atoms with Crippen molar-refractivity contribution in [1.82, 2.24) is 0 Å². The van der Waals surface area contributed by atoms with Crippen molar-refractivity contribution < 1.29 is 24.0 Å². The van der Waals surface area contributed by atoms with E-state index in [9.17, 15) is 19.7 Å². The standard InChI is InChI=1S/C14H15NO6/c1-3-21-13(16)6-4-5-10-7-8-11(15(18)19)9-12(10)14(17)20-2/h4-5,7-9H,3,6H2,1-2H3. The average molecular weight is 293 g/mol. The summed E-state index contributed by atoms with van der Waals surface area (Å²) in [5.41, 5.74) is 0.279. The van der Waals surface area contributed by atoms with Gasteiger partial charge >= 0.3 is 11.9 Å². The first kappa shape index (κ1) is 16.4. The second-order valence-electron chi connectivity index (χ2n) is 3.93. The van der Waals surface area contributed by atoms with Gasteiger partial charge < -0.3 is 9.47 Å². The van der Waals surface area contributed by atoms with Gasteiger partial charge in [0.05, 0.1) is 30.6 Å². The molecule has 0 saturated carbocycles. The lowest BCUT2D eigenvalue weighted by Gasteiger charge is -2.04. The average Bonchev–Trinajstić information content (AvgIpc) is 2.46. The van der Waals surface area contributed by atoms with Crippen LogP contribution in [0.4, 0.5) is 5.69 Å². The van der Waals surface area contributed by atoms with E-state index in [-0.39, 0.29) is 24.3 Å². The highest BCUT2D eigenvalue weighted by molar-refractivity contribution is 5.94. The first-order chi connectivity index (χ1) is 9.99. The Bertz CT molecular complexity index is 579. The number of rotatable bonds is 6. The Balaban J connectivity index is 3.00. The van der Waals surface area contributed by atoms with Crippen LogP contribution in [0.2, 0.25) is 0 Å². The molecule has 0 N–H and O–H groups in total. The van der Waals surface area contributed by atoms with E-state index in [2.05, 4.69) is 4.74 Å². The molecule has 0 aliphatic carbocycles. The van der Waals surface area contributed by atoms with Crippen LogP contribution in [-0.2, 0) is 14.3 Å². The van der Waals surface area contributed by atoms with Gasteiger partial charge in [-0.3, -0.25) is 14.9 Å². The molecule has 1 aromatic rings. The molecule has 0 bridgehead atoms. The molecule has 0 fully saturated rings. The maximum absolute atomic E-state index is 11.6. The minimum absolute atomic E-state index is 0.0471. The Hall–Kier alpha value is -2.70. The smallest absolute Gasteiger partial charge is 0.338 e. The number of carbonyl (C=O) groups excluding carboxylic acids is 2. The van der Waals surface area contributed by atoms with Crippen LogP contribution >= 0.6 is 0 Å². The summed E-state index contributed by atoms with van der Waals surface area (Å²) in [6, 6.07) is 3.83. The first-order valence-electron chi connectivity index (χ1n) is 6.18. The van der Waals surface area contributed by atoms with E-state index in [4.69, 9.17) is 4.74 Å². The maximum atomic E-state index is 11.6. The highest BCUT2D eigenvalue weighted by Gasteiger charge is 2.15. The zero-order valence-corrected chi connectivity index (χ0v) is 11.7. The minimum Gasteiger partial charge on any atom is -0.466 e. The van der Waals surface area contributed by atoms with Gasteiger partial charge in [0, 0.05) is 12.1 Å². The first-order valence-corrected chi connectivity index (χ1v) is 6.18. The lowest BCUT2D eigenvalue weighted by atomic mass is 10.1. The number of carbonyl (C=O) groups is 2. The number of methoxy groups -OCH3 is 1. The number of ether oxygens (including phenoxy) is 2. The number of esters is 2. The summed E-state index contributed by atoms with van der Waals surface area (Å²) in [5.74, 6) is -1.08. The molecule has 0 saturated heterocycles. The quantitative estimate of drug-likeness (QED) is 0.454. The predicted molar refractivity (Wildman–Crippen MR) is 74.7 cm³/mol. The highest BCUT2D eigenvalue weighted by atomic mass is 16.6. The molecule has 0 heterocycles. The topological polar surface area (TPSA) is 95.7 Å². The van der Waals surface area contributed by atoms with Crippen LogP contribution in [0.15, 0.2) is 24.3 Å². The predicted octanol–water partition coefficient (Wildman–Crippen LogP) is 2.35. The molecule has 7 nitrogen and oxygen atoms in total. The lowest BCUT2D eigenvalue weighted by Crippen LogP contribution is -2.05. The van der Waals surface area contributed by atoms with Crippen LogP contribution in [0.1, 0.15) is 29.3 Å². The van der Waals surface area contributed by atoms with Crippen LogP contribution in [0, 0.1) is 10.1 Å². The van der Waals surface area contributed by atoms with Gasteiger partial charge in [-0.2, -0.15) is 0 Å². The summed E-state index contributed by atoms with van der Waals surface area (Å²) in [4.78, 5) is 33.0. The number of nitro groups is 1. The number of nitro benzene ring substituents is 1. The molecule has 0 radical (unpaired) electrons. The Morgan fingerprint density at radius 3 is 2.67 bits per heavy atom. The van der Waals surface area contributed by atoms with Crippen molar-refractivity contribution in [3.63, 3.8) is 0 Å². The Labute approximate surface area is 121 Å². The SMILES string of the molecule is CCOC(=O)CC=Cc1ccc([N+](=O)[O-])cc1C(=O)OC. The van der Waals surface area contributed by atoms with E-state index < -0.39 is 16.9 Å². The van der Waals surface area contributed by atoms with Crippen molar-refractivity contribution in [2.45, 2.75) is 13.3 Å². The highest BCUT2D eigenvalue weighted by Crippen LogP contribution is 2.20. The maximum Gasteiger partial charge on any atom is 0.338 e. The van der Waals surface area contributed by atoms with Crippen molar-refractivity contribution in [1.29, 1.82) is 0 Å². The van der Waals surface area contributed by atoms with Crippen molar-refractivity contribution in [3.8, 4) is 0 Å². The van der Waals surface area contributed by atoms with Crippen LogP contribution in [0.25, 0.3) is 6.08 Å². The molecule has 7 heteroatoms. The van der Waals surface area contributed by atoms with Gasteiger partial charge in [-0.1, -0.05) is 12.2 Å². The van der Waals surface area contributed by atoms with Crippen LogP contribution < -0.4 is 0 Å². The molecule has 0 aliphatic heterocycles. The summed E-state index contributed by atoms with van der Waals surface area (Å²) >= 11 is 0. The molecule has 0 spiro atoms. The monoisotopic (exact) mass is 293 g/mol. The van der Waals surface area contributed by atoms with Gasteiger partial charge in [0.15, 0.2) is 0 Å². The molecule has 1 aromatic carbocycles. The van der Waals surface area contributed by atoms with E-state index in [1.165, 1.54) is 31.4 Å². The third kappa shape index (κ3) is 4.72. The lowest BCUT2D eigenvalue weighted by molar-refractivity contribution is -0.384. The fourth-order valence-corrected chi connectivity index (χ4v) is 1.59. The number of benzene rings is 1. The number of hydrogen-bond acceptors (Lipinski definition) is 6. The summed E-state index contributed by atoms with van der Waals surface area (Å²) in [6.07, 6.45) is 3.09. The summed E-state index contributed by atoms with van der Waals surface area (Å²) in [6.45, 7) is 1.99. The number of nitrogens with zero attached hydrogens (tertiary/aromatic N) is 1. The van der Waals surface area contributed by atoms with Gasteiger partial charge in [0.2, 0.25) is 0 Å². The Morgan fingerprint density at radius 2 is 2.10 bits per heavy atom. The van der Waals surface area contributed by atoms with E-state index in [1.54, 1.807) is 6.92 Å². The molecule has 1 rings (SSSR count). The fourth-order valence-electron chi connectivity index (χ4n) is 1.59. The second kappa shape index (κ2) is 7.78. The van der Waals surface area contributed by atoms with E-state index in [0.29, 0.717) is 5.56 Å². The molecule has 0 aromatic heterocycles. The molecule has 0 amide bonds. The van der Waals surface area contributed by atoms with Crippen LogP contribution in [-0.4, -0.2) is 30.6 Å². The van der Waals surface area contributed by atoms with Crippen LogP contribution in [0.5, 0.6) is 0 Å². The summed E-state index contributed by atoms with van der Waals surface area (Å²) in [5, 5.41) is 10.7. The minimum atomic E-state index is -0.686. The Kier molecular flexibility index (Phi) is 6.06. The Morgan fingerprint density at radius 1 is 1.38 bits per heavy atom. The van der Waals surface area contributed by atoms with Crippen LogP contribution in [0.3, 0.4) is 0 Å². The number of non-ortho nitro benzene ring substituents is 1. The molecule has 0 aliphatic rings. The van der Waals surface area contributed by atoms with Gasteiger partial charge in [-0.15, -0.1) is 0 Å². The second-order valence-corrected chi connectivity index (χ2v) is 3.93. The molecular weight excluding hydrogens is 278 g/mol. The molecule has 112 valence electrons. The van der Waals surface area contributed by atoms with Gasteiger partial charge in [0.25, 0.3) is 5.69 Å². The number of hydrogen-bond donors (Lipinski definition) is 0. The zero-order valence-electron chi connectivity index (χ0n) is 11.7. The van der Waals surface area contributed by atoms with Crippen molar-refractivity contribution >= 4 is 23.7 Å². The van der Waals surface area contributed by atoms with Gasteiger partial charge in [0.1, 0.15) is 0 Å². The normalized spacial score (nSPS) is 10.4. The van der Waals surface area contributed by atoms with E-state index in [0.717, 1.165) is 6.07 Å². The van der Waals surface area contributed by atoms with Crippen molar-refractivity contribution in [2.75, 3.05) is 13.7 Å². The van der Waals surface area contributed by atoms with Gasteiger partial charge in [-0.05, 0) is 18.6 Å². The van der Waals surface area contributed by atoms with E-state index in [1.807, 2.05) is 0 Å². The molecule has 0 atom stereocenters. The zero-order chi connectivity index (χ0) is 15.8. The van der Waals surface area contributed by atoms with Crippen molar-refractivity contribution in [3.05, 3.63) is 45.5 Å². The van der Waals surface area contributed by atoms with E-state index >= 15 is 0 Å². The largest absolute Gasteiger partial charge is 0.466 e. The van der Waals surface area contributed by atoms with Crippen molar-refractivity contribution in [2.24, 2.45) is 0 Å². The summed E-state index contributed by atoms with van der Waals surface area (Å²) < 4.78 is 9.35. The third-order valence-electron chi connectivity index (χ3n) is 2.54. The molecular formula is C14H15NO6.